The Kier molecular flexibility index (Phi) is 3.61. The van der Waals surface area contributed by atoms with Crippen molar-refractivity contribution in [2.75, 3.05) is 6.61 Å². The molecule has 0 amide bonds. The van der Waals surface area contributed by atoms with E-state index in [4.69, 9.17) is 10.6 Å². The summed E-state index contributed by atoms with van der Waals surface area (Å²) in [5, 5.41) is 22.7. The fraction of sp³-hybridized carbons (Fsp3) is 0.250. The van der Waals surface area contributed by atoms with Gasteiger partial charge in [0, 0.05) is 17.0 Å². The minimum atomic E-state index is -0.782. The normalized spacial score (nSPS) is 11.5. The van der Waals surface area contributed by atoms with Crippen LogP contribution in [0.15, 0.2) is 29.4 Å². The van der Waals surface area contributed by atoms with Crippen molar-refractivity contribution >= 4 is 5.69 Å². The number of nitro benzene ring substituents is 1. The second-order valence-electron chi connectivity index (χ2n) is 2.76. The number of hydrogen-bond donors (Lipinski definition) is 1. The minimum Gasteiger partial charge on any atom is -0.396 e. The van der Waals surface area contributed by atoms with Crippen molar-refractivity contribution in [2.45, 2.75) is 6.04 Å². The molecule has 1 N–H and O–H groups in total. The molecule has 0 aromatic heterocycles. The van der Waals surface area contributed by atoms with Crippen molar-refractivity contribution in [1.29, 1.82) is 0 Å². The molecule has 0 aliphatic rings. The lowest BCUT2D eigenvalue weighted by molar-refractivity contribution is -0.384. The van der Waals surface area contributed by atoms with Gasteiger partial charge in [-0.1, -0.05) is 17.2 Å². The van der Waals surface area contributed by atoms with Crippen molar-refractivity contribution in [2.24, 2.45) is 5.11 Å². The van der Waals surface area contributed by atoms with Crippen LogP contribution in [0.4, 0.5) is 5.69 Å². The van der Waals surface area contributed by atoms with Crippen molar-refractivity contribution in [3.05, 3.63) is 50.4 Å². The maximum atomic E-state index is 10.5. The van der Waals surface area contributed by atoms with Crippen LogP contribution in [0.1, 0.15) is 11.6 Å². The number of benzene rings is 1. The molecule has 0 bridgehead atoms. The lowest BCUT2D eigenvalue weighted by Gasteiger charge is -2.06. The summed E-state index contributed by atoms with van der Waals surface area (Å²) in [5.41, 5.74) is 8.54. The second-order valence-corrected chi connectivity index (χ2v) is 2.76. The molecule has 0 saturated heterocycles. The quantitative estimate of drug-likeness (QED) is 0.268. The number of hydrogen-bond acceptors (Lipinski definition) is 4. The van der Waals surface area contributed by atoms with E-state index in [1.807, 2.05) is 0 Å². The molecular weight excluding hydrogens is 200 g/mol. The SMILES string of the molecule is [N-]=[N+]=NC(CO)c1cccc([N+](=O)[O-])c1. The zero-order chi connectivity index (χ0) is 11.3. The lowest BCUT2D eigenvalue weighted by Crippen LogP contribution is -2.00. The summed E-state index contributed by atoms with van der Waals surface area (Å²) in [5.74, 6) is 0. The van der Waals surface area contributed by atoms with E-state index in [9.17, 15) is 10.1 Å². The van der Waals surface area contributed by atoms with E-state index < -0.39 is 11.0 Å². The smallest absolute Gasteiger partial charge is 0.269 e. The molecule has 7 nitrogen and oxygen atoms in total. The first-order chi connectivity index (χ1) is 7.19. The Morgan fingerprint density at radius 1 is 1.67 bits per heavy atom. The fourth-order valence-electron chi connectivity index (χ4n) is 1.12. The summed E-state index contributed by atoms with van der Waals surface area (Å²) in [4.78, 5) is 12.5. The van der Waals surface area contributed by atoms with E-state index >= 15 is 0 Å². The fourth-order valence-corrected chi connectivity index (χ4v) is 1.12. The van der Waals surface area contributed by atoms with Gasteiger partial charge in [-0.2, -0.15) is 0 Å². The van der Waals surface area contributed by atoms with Gasteiger partial charge in [-0.05, 0) is 11.1 Å². The van der Waals surface area contributed by atoms with Gasteiger partial charge in [-0.15, -0.1) is 0 Å². The summed E-state index contributed by atoms with van der Waals surface area (Å²) >= 11 is 0. The highest BCUT2D eigenvalue weighted by Gasteiger charge is 2.12. The Morgan fingerprint density at radius 2 is 2.40 bits per heavy atom. The number of aliphatic hydroxyl groups excluding tert-OH is 1. The third-order valence-electron chi connectivity index (χ3n) is 1.83. The van der Waals surface area contributed by atoms with Crippen LogP contribution in [0, 0.1) is 10.1 Å². The molecule has 1 rings (SSSR count). The zero-order valence-corrected chi connectivity index (χ0v) is 7.65. The van der Waals surface area contributed by atoms with Crippen molar-refractivity contribution in [3.63, 3.8) is 0 Å². The minimum absolute atomic E-state index is 0.0981. The molecule has 0 aliphatic heterocycles. The lowest BCUT2D eigenvalue weighted by atomic mass is 10.1. The van der Waals surface area contributed by atoms with Gasteiger partial charge in [0.05, 0.1) is 17.6 Å². The van der Waals surface area contributed by atoms with Gasteiger partial charge in [-0.25, -0.2) is 0 Å². The number of non-ortho nitro benzene ring substituents is 1. The third-order valence-corrected chi connectivity index (χ3v) is 1.83. The van der Waals surface area contributed by atoms with Crippen molar-refractivity contribution in [1.82, 2.24) is 0 Å². The first kappa shape index (κ1) is 11.0. The molecule has 0 fully saturated rings. The molecule has 1 unspecified atom stereocenters. The first-order valence-corrected chi connectivity index (χ1v) is 4.08. The van der Waals surface area contributed by atoms with E-state index in [1.165, 1.54) is 18.2 Å². The summed E-state index contributed by atoms with van der Waals surface area (Å²) in [6, 6.07) is 4.85. The number of azide groups is 1. The van der Waals surface area contributed by atoms with Crippen LogP contribution in [0.3, 0.4) is 0 Å². The molecule has 1 atom stereocenters. The first-order valence-electron chi connectivity index (χ1n) is 4.08. The zero-order valence-electron chi connectivity index (χ0n) is 7.65. The molecule has 7 heteroatoms. The Bertz CT molecular complexity index is 414. The summed E-state index contributed by atoms with van der Waals surface area (Å²) in [6.45, 7) is -0.384. The molecule has 0 aliphatic carbocycles. The van der Waals surface area contributed by atoms with Crippen molar-refractivity contribution < 1.29 is 10.0 Å². The highest BCUT2D eigenvalue weighted by molar-refractivity contribution is 5.35. The number of rotatable bonds is 4. The number of nitrogens with zero attached hydrogens (tertiary/aromatic N) is 4. The molecule has 1 aromatic rings. The Hall–Kier alpha value is -2.11. The number of nitro groups is 1. The van der Waals surface area contributed by atoms with Crippen LogP contribution in [0.2, 0.25) is 0 Å². The Labute approximate surface area is 84.7 Å². The molecule has 1 aromatic carbocycles. The predicted molar refractivity (Wildman–Crippen MR) is 52.1 cm³/mol. The summed E-state index contributed by atoms with van der Waals surface area (Å²) in [6.07, 6.45) is 0. The van der Waals surface area contributed by atoms with E-state index in [1.54, 1.807) is 6.07 Å². The van der Waals surface area contributed by atoms with Crippen LogP contribution >= 0.6 is 0 Å². The van der Waals surface area contributed by atoms with Crippen molar-refractivity contribution in [3.8, 4) is 0 Å². The van der Waals surface area contributed by atoms with E-state index in [0.717, 1.165) is 0 Å². The van der Waals surface area contributed by atoms with Gasteiger partial charge >= 0.3 is 0 Å². The third kappa shape index (κ3) is 2.67. The van der Waals surface area contributed by atoms with Gasteiger partial charge in [-0.3, -0.25) is 10.1 Å². The van der Waals surface area contributed by atoms with Gasteiger partial charge in [0.25, 0.3) is 5.69 Å². The van der Waals surface area contributed by atoms with Gasteiger partial charge < -0.3 is 5.11 Å². The van der Waals surface area contributed by atoms with Crippen LogP contribution < -0.4 is 0 Å². The monoisotopic (exact) mass is 208 g/mol. The number of aliphatic hydroxyl groups is 1. The highest BCUT2D eigenvalue weighted by Crippen LogP contribution is 2.21. The van der Waals surface area contributed by atoms with E-state index in [-0.39, 0.29) is 12.3 Å². The maximum Gasteiger partial charge on any atom is 0.269 e. The topological polar surface area (TPSA) is 112 Å². The van der Waals surface area contributed by atoms with E-state index in [2.05, 4.69) is 10.0 Å². The van der Waals surface area contributed by atoms with Gasteiger partial charge in [0.2, 0.25) is 0 Å². The Morgan fingerprint density at radius 3 is 2.93 bits per heavy atom. The average Bonchev–Trinajstić information content (AvgIpc) is 2.26. The predicted octanol–water partition coefficient (Wildman–Crippen LogP) is 1.94. The molecule has 0 spiro atoms. The van der Waals surface area contributed by atoms with E-state index in [0.29, 0.717) is 5.56 Å². The molecule has 78 valence electrons. The highest BCUT2D eigenvalue weighted by atomic mass is 16.6. The summed E-state index contributed by atoms with van der Waals surface area (Å²) < 4.78 is 0. The van der Waals surface area contributed by atoms with Gasteiger partial charge in [0.1, 0.15) is 0 Å². The van der Waals surface area contributed by atoms with Gasteiger partial charge in [0.15, 0.2) is 0 Å². The van der Waals surface area contributed by atoms with Crippen LogP contribution in [-0.2, 0) is 0 Å². The largest absolute Gasteiger partial charge is 0.396 e. The maximum absolute atomic E-state index is 10.5. The van der Waals surface area contributed by atoms with Crippen LogP contribution in [0.25, 0.3) is 10.4 Å². The molecule has 0 radical (unpaired) electrons. The Balaban J connectivity index is 3.07. The average molecular weight is 208 g/mol. The molecule has 0 heterocycles. The second kappa shape index (κ2) is 4.94. The molecule has 0 saturated carbocycles. The standard InChI is InChI=1S/C8H8N4O3/c9-11-10-8(5-13)6-2-1-3-7(4-6)12(14)15/h1-4,8,13H,5H2. The van der Waals surface area contributed by atoms with Crippen LogP contribution in [-0.4, -0.2) is 16.6 Å². The van der Waals surface area contributed by atoms with Crippen LogP contribution in [0.5, 0.6) is 0 Å². The molecule has 15 heavy (non-hydrogen) atoms. The molecular formula is C8H8N4O3. The summed E-state index contributed by atoms with van der Waals surface area (Å²) in [7, 11) is 0.